The molecule has 11 heteroatoms. The second-order valence-electron chi connectivity index (χ2n) is 6.92. The number of morpholine rings is 1. The molecule has 1 aliphatic rings. The van der Waals surface area contributed by atoms with Gasteiger partial charge in [-0.05, 0) is 43.3 Å². The molecule has 1 aromatic carbocycles. The van der Waals surface area contributed by atoms with Gasteiger partial charge in [0.25, 0.3) is 5.91 Å². The van der Waals surface area contributed by atoms with E-state index in [4.69, 9.17) is 9.47 Å². The van der Waals surface area contributed by atoms with E-state index < -0.39 is 15.9 Å². The number of sulfonamides is 1. The average molecular weight is 458 g/mol. The number of nitrogens with zero attached hydrogens (tertiary/aromatic N) is 4. The minimum atomic E-state index is -3.72. The Morgan fingerprint density at radius 1 is 1.22 bits per heavy atom. The van der Waals surface area contributed by atoms with Gasteiger partial charge in [0, 0.05) is 31.7 Å². The number of carbonyl (C=O) groups excluding carboxylic acids is 1. The molecule has 4 rings (SSSR count). The second-order valence-corrected chi connectivity index (χ2v) is 8.86. The first kappa shape index (κ1) is 21.9. The van der Waals surface area contributed by atoms with Crippen LogP contribution in [0.5, 0.6) is 5.75 Å². The Morgan fingerprint density at radius 2 is 2.03 bits per heavy atom. The van der Waals surface area contributed by atoms with Crippen LogP contribution in [0.4, 0.5) is 5.69 Å². The van der Waals surface area contributed by atoms with Gasteiger partial charge in [-0.3, -0.25) is 4.79 Å². The molecule has 32 heavy (non-hydrogen) atoms. The molecule has 10 nitrogen and oxygen atoms in total. The van der Waals surface area contributed by atoms with E-state index in [0.29, 0.717) is 37.0 Å². The van der Waals surface area contributed by atoms with Crippen LogP contribution in [-0.2, 0) is 14.8 Å². The van der Waals surface area contributed by atoms with Crippen molar-refractivity contribution in [2.45, 2.75) is 11.8 Å². The van der Waals surface area contributed by atoms with Crippen LogP contribution in [0.15, 0.2) is 59.9 Å². The van der Waals surface area contributed by atoms with Crippen LogP contribution in [0.3, 0.4) is 0 Å². The zero-order valence-electron chi connectivity index (χ0n) is 17.5. The number of anilines is 1. The Labute approximate surface area is 185 Å². The van der Waals surface area contributed by atoms with Crippen molar-refractivity contribution < 1.29 is 22.7 Å². The predicted molar refractivity (Wildman–Crippen MR) is 117 cm³/mol. The van der Waals surface area contributed by atoms with E-state index in [1.807, 2.05) is 6.92 Å². The Bertz CT molecular complexity index is 1170. The number of hydrogen-bond donors (Lipinski definition) is 1. The number of nitrogens with one attached hydrogen (secondary N) is 1. The molecule has 0 saturated carbocycles. The summed E-state index contributed by atoms with van der Waals surface area (Å²) in [6.45, 7) is 3.43. The van der Waals surface area contributed by atoms with Crippen LogP contribution in [0, 0.1) is 0 Å². The number of hydrogen-bond acceptors (Lipinski definition) is 7. The Morgan fingerprint density at radius 3 is 2.69 bits per heavy atom. The Kier molecular flexibility index (Phi) is 6.49. The highest BCUT2D eigenvalue weighted by Gasteiger charge is 2.27. The third kappa shape index (κ3) is 4.64. The minimum absolute atomic E-state index is 0.0744. The molecule has 0 spiro atoms. The van der Waals surface area contributed by atoms with Gasteiger partial charge in [0.1, 0.15) is 5.75 Å². The van der Waals surface area contributed by atoms with Gasteiger partial charge in [0.15, 0.2) is 5.82 Å². The fourth-order valence-corrected chi connectivity index (χ4v) is 4.67. The van der Waals surface area contributed by atoms with E-state index in [-0.39, 0.29) is 23.7 Å². The minimum Gasteiger partial charge on any atom is -0.492 e. The monoisotopic (exact) mass is 457 g/mol. The number of carbonyl (C=O) groups is 1. The summed E-state index contributed by atoms with van der Waals surface area (Å²) >= 11 is 0. The molecule has 1 aliphatic heterocycles. The summed E-state index contributed by atoms with van der Waals surface area (Å²) in [6.07, 6.45) is 4.81. The Hall–Kier alpha value is -3.28. The molecule has 3 heterocycles. The molecule has 1 fully saturated rings. The second kappa shape index (κ2) is 9.47. The van der Waals surface area contributed by atoms with Gasteiger partial charge in [-0.15, -0.1) is 0 Å². The first-order valence-electron chi connectivity index (χ1n) is 10.1. The van der Waals surface area contributed by atoms with Crippen LogP contribution in [0.25, 0.3) is 5.82 Å². The van der Waals surface area contributed by atoms with Gasteiger partial charge < -0.3 is 14.8 Å². The Balaban J connectivity index is 1.58. The molecule has 0 atom stereocenters. The maximum atomic E-state index is 13.0. The third-order valence-electron chi connectivity index (χ3n) is 4.86. The zero-order valence-corrected chi connectivity index (χ0v) is 18.3. The van der Waals surface area contributed by atoms with Gasteiger partial charge in [-0.2, -0.15) is 9.40 Å². The number of rotatable bonds is 7. The van der Waals surface area contributed by atoms with Crippen molar-refractivity contribution in [3.05, 3.63) is 60.6 Å². The van der Waals surface area contributed by atoms with Crippen molar-refractivity contribution in [1.29, 1.82) is 0 Å². The standard InChI is InChI=1S/C21H23N5O5S/c1-2-31-19-6-5-17(32(28,29)25-10-12-30-13-11-25)14-18(19)24-21(27)16-4-7-20(22-15-16)26-9-3-8-23-26/h3-9,14-15H,2,10-13H2,1H3,(H,24,27). The summed E-state index contributed by atoms with van der Waals surface area (Å²) in [5.41, 5.74) is 0.576. The van der Waals surface area contributed by atoms with Gasteiger partial charge >= 0.3 is 0 Å². The number of benzene rings is 1. The van der Waals surface area contributed by atoms with Crippen LogP contribution in [0.2, 0.25) is 0 Å². The number of pyridine rings is 1. The fourth-order valence-electron chi connectivity index (χ4n) is 3.24. The smallest absolute Gasteiger partial charge is 0.257 e. The molecule has 3 aromatic rings. The molecule has 1 saturated heterocycles. The molecule has 0 aliphatic carbocycles. The van der Waals surface area contributed by atoms with E-state index in [9.17, 15) is 13.2 Å². The van der Waals surface area contributed by atoms with Crippen molar-refractivity contribution >= 4 is 21.6 Å². The summed E-state index contributed by atoms with van der Waals surface area (Å²) < 4.78 is 39.8. The first-order valence-corrected chi connectivity index (χ1v) is 11.5. The number of ether oxygens (including phenoxy) is 2. The lowest BCUT2D eigenvalue weighted by Crippen LogP contribution is -2.40. The van der Waals surface area contributed by atoms with Crippen LogP contribution in [0.1, 0.15) is 17.3 Å². The lowest BCUT2D eigenvalue weighted by Gasteiger charge is -2.26. The maximum absolute atomic E-state index is 13.0. The molecule has 0 radical (unpaired) electrons. The maximum Gasteiger partial charge on any atom is 0.257 e. The quantitative estimate of drug-likeness (QED) is 0.576. The van der Waals surface area contributed by atoms with Gasteiger partial charge in [0.05, 0.1) is 36.0 Å². The van der Waals surface area contributed by atoms with Crippen molar-refractivity contribution in [2.75, 3.05) is 38.2 Å². The van der Waals surface area contributed by atoms with Crippen molar-refractivity contribution in [2.24, 2.45) is 0 Å². The van der Waals surface area contributed by atoms with E-state index in [0.717, 1.165) is 0 Å². The highest BCUT2D eigenvalue weighted by atomic mass is 32.2. The van der Waals surface area contributed by atoms with Crippen LogP contribution in [-0.4, -0.2) is 66.3 Å². The van der Waals surface area contributed by atoms with Gasteiger partial charge in [0.2, 0.25) is 10.0 Å². The molecule has 168 valence electrons. The molecule has 2 aromatic heterocycles. The number of aromatic nitrogens is 3. The zero-order chi connectivity index (χ0) is 22.6. The predicted octanol–water partition coefficient (Wildman–Crippen LogP) is 1.94. The van der Waals surface area contributed by atoms with Crippen molar-refractivity contribution in [3.8, 4) is 11.6 Å². The van der Waals surface area contributed by atoms with E-state index in [2.05, 4.69) is 15.4 Å². The molecule has 0 unspecified atom stereocenters. The van der Waals surface area contributed by atoms with Crippen molar-refractivity contribution in [1.82, 2.24) is 19.1 Å². The first-order chi connectivity index (χ1) is 15.5. The summed E-state index contributed by atoms with van der Waals surface area (Å²) in [4.78, 5) is 17.2. The normalized spacial score (nSPS) is 14.8. The highest BCUT2D eigenvalue weighted by Crippen LogP contribution is 2.30. The summed E-state index contributed by atoms with van der Waals surface area (Å²) in [6, 6.07) is 9.50. The summed E-state index contributed by atoms with van der Waals surface area (Å²) in [5, 5.41) is 6.85. The van der Waals surface area contributed by atoms with E-state index >= 15 is 0 Å². The molecule has 0 bridgehead atoms. The lowest BCUT2D eigenvalue weighted by atomic mass is 10.2. The largest absolute Gasteiger partial charge is 0.492 e. The van der Waals surface area contributed by atoms with E-state index in [1.54, 1.807) is 41.3 Å². The number of amides is 1. The third-order valence-corrected chi connectivity index (χ3v) is 6.75. The van der Waals surface area contributed by atoms with Crippen LogP contribution >= 0.6 is 0 Å². The van der Waals surface area contributed by atoms with Gasteiger partial charge in [-0.25, -0.2) is 18.1 Å². The van der Waals surface area contributed by atoms with E-state index in [1.165, 1.54) is 22.6 Å². The van der Waals surface area contributed by atoms with Crippen LogP contribution < -0.4 is 10.1 Å². The molecule has 1 N–H and O–H groups in total. The van der Waals surface area contributed by atoms with Crippen molar-refractivity contribution in [3.63, 3.8) is 0 Å². The molecular weight excluding hydrogens is 434 g/mol. The topological polar surface area (TPSA) is 116 Å². The highest BCUT2D eigenvalue weighted by molar-refractivity contribution is 7.89. The summed E-state index contributed by atoms with van der Waals surface area (Å²) in [7, 11) is -3.72. The summed E-state index contributed by atoms with van der Waals surface area (Å²) in [5.74, 6) is 0.509. The lowest BCUT2D eigenvalue weighted by molar-refractivity contribution is 0.0730. The molecular formula is C21H23N5O5S. The molecule has 1 amide bonds. The fraction of sp³-hybridized carbons (Fsp3) is 0.286. The van der Waals surface area contributed by atoms with Gasteiger partial charge in [-0.1, -0.05) is 0 Å². The average Bonchev–Trinajstić information content (AvgIpc) is 3.36. The SMILES string of the molecule is CCOc1ccc(S(=O)(=O)N2CCOCC2)cc1NC(=O)c1ccc(-n2cccn2)nc1.